The number of nitrogens with zero attached hydrogens (tertiary/aromatic N) is 2. The standard InChI is InChI=1S/C16H23N3O.ClH/c1-2-20-16-6-5-13(11-17)10-14(16)7-9-19-8-3-4-15(18)12-19;/h5-6,10,15H,2-4,7-9,12,18H2,1H3;1H/t15-;/m0./s1. The van der Waals surface area contributed by atoms with Gasteiger partial charge in [0.05, 0.1) is 18.2 Å². The molecule has 1 aromatic carbocycles. The van der Waals surface area contributed by atoms with Crippen LogP contribution < -0.4 is 10.5 Å². The summed E-state index contributed by atoms with van der Waals surface area (Å²) in [5.41, 5.74) is 7.82. The lowest BCUT2D eigenvalue weighted by Gasteiger charge is -2.30. The van der Waals surface area contributed by atoms with E-state index in [1.165, 1.54) is 6.42 Å². The lowest BCUT2D eigenvalue weighted by Crippen LogP contribution is -2.43. The molecule has 5 heteroatoms. The number of halogens is 1. The Hall–Kier alpha value is -1.28. The van der Waals surface area contributed by atoms with Gasteiger partial charge in [0.25, 0.3) is 0 Å². The second kappa shape index (κ2) is 8.89. The van der Waals surface area contributed by atoms with Crippen molar-refractivity contribution in [3.8, 4) is 11.8 Å². The third-order valence-electron chi connectivity index (χ3n) is 3.73. The lowest BCUT2D eigenvalue weighted by atomic mass is 10.0. The van der Waals surface area contributed by atoms with Gasteiger partial charge in [0.2, 0.25) is 0 Å². The zero-order valence-electron chi connectivity index (χ0n) is 12.5. The average molecular weight is 310 g/mol. The monoisotopic (exact) mass is 309 g/mol. The van der Waals surface area contributed by atoms with Crippen LogP contribution in [-0.4, -0.2) is 37.2 Å². The maximum Gasteiger partial charge on any atom is 0.122 e. The predicted octanol–water partition coefficient (Wildman–Crippen LogP) is 2.34. The van der Waals surface area contributed by atoms with Gasteiger partial charge in [-0.25, -0.2) is 0 Å². The molecule has 0 radical (unpaired) electrons. The number of ether oxygens (including phenoxy) is 1. The van der Waals surface area contributed by atoms with Crippen LogP contribution in [0.2, 0.25) is 0 Å². The van der Waals surface area contributed by atoms with Crippen molar-refractivity contribution >= 4 is 12.4 Å². The van der Waals surface area contributed by atoms with E-state index >= 15 is 0 Å². The lowest BCUT2D eigenvalue weighted by molar-refractivity contribution is 0.210. The Morgan fingerprint density at radius 3 is 2.95 bits per heavy atom. The van der Waals surface area contributed by atoms with E-state index in [0.717, 1.165) is 43.8 Å². The van der Waals surface area contributed by atoms with Gasteiger partial charge in [-0.05, 0) is 56.5 Å². The first-order valence-corrected chi connectivity index (χ1v) is 7.36. The average Bonchev–Trinajstić information content (AvgIpc) is 2.46. The number of hydrogen-bond donors (Lipinski definition) is 1. The molecule has 2 N–H and O–H groups in total. The Balaban J connectivity index is 0.00000220. The second-order valence-corrected chi connectivity index (χ2v) is 5.32. The second-order valence-electron chi connectivity index (χ2n) is 5.32. The van der Waals surface area contributed by atoms with Crippen molar-refractivity contribution in [1.82, 2.24) is 4.90 Å². The number of likely N-dealkylation sites (tertiary alicyclic amines) is 1. The minimum absolute atomic E-state index is 0. The van der Waals surface area contributed by atoms with Crippen LogP contribution in [0.3, 0.4) is 0 Å². The highest BCUT2D eigenvalue weighted by molar-refractivity contribution is 5.85. The molecule has 1 fully saturated rings. The van der Waals surface area contributed by atoms with E-state index in [1.807, 2.05) is 25.1 Å². The fourth-order valence-corrected chi connectivity index (χ4v) is 2.71. The first-order chi connectivity index (χ1) is 9.72. The third kappa shape index (κ3) is 5.20. The molecular formula is C16H24ClN3O. The largest absolute Gasteiger partial charge is 0.494 e. The Morgan fingerprint density at radius 2 is 2.29 bits per heavy atom. The highest BCUT2D eigenvalue weighted by Gasteiger charge is 2.16. The summed E-state index contributed by atoms with van der Waals surface area (Å²) in [6.07, 6.45) is 3.21. The van der Waals surface area contributed by atoms with E-state index in [-0.39, 0.29) is 12.4 Å². The number of nitriles is 1. The van der Waals surface area contributed by atoms with Gasteiger partial charge in [-0.1, -0.05) is 0 Å². The van der Waals surface area contributed by atoms with Crippen molar-refractivity contribution in [3.05, 3.63) is 29.3 Å². The molecule has 1 atom stereocenters. The van der Waals surface area contributed by atoms with Gasteiger partial charge in [0, 0.05) is 19.1 Å². The van der Waals surface area contributed by atoms with Crippen LogP contribution in [0.5, 0.6) is 5.75 Å². The van der Waals surface area contributed by atoms with E-state index in [0.29, 0.717) is 18.2 Å². The molecule has 2 rings (SSSR count). The van der Waals surface area contributed by atoms with Crippen LogP contribution in [0, 0.1) is 11.3 Å². The highest BCUT2D eigenvalue weighted by atomic mass is 35.5. The third-order valence-corrected chi connectivity index (χ3v) is 3.73. The van der Waals surface area contributed by atoms with Crippen molar-refractivity contribution < 1.29 is 4.74 Å². The van der Waals surface area contributed by atoms with Crippen LogP contribution in [-0.2, 0) is 6.42 Å². The van der Waals surface area contributed by atoms with Crippen LogP contribution in [0.4, 0.5) is 0 Å². The molecule has 0 spiro atoms. The molecule has 0 aromatic heterocycles. The highest BCUT2D eigenvalue weighted by Crippen LogP contribution is 2.21. The number of rotatable bonds is 5. The van der Waals surface area contributed by atoms with Crippen LogP contribution in [0.15, 0.2) is 18.2 Å². The van der Waals surface area contributed by atoms with E-state index in [1.54, 1.807) is 0 Å². The normalized spacial score (nSPS) is 18.6. The van der Waals surface area contributed by atoms with Crippen LogP contribution >= 0.6 is 12.4 Å². The number of nitrogens with two attached hydrogens (primary N) is 1. The Kier molecular flexibility index (Phi) is 7.52. The Bertz CT molecular complexity index is 487. The number of piperidine rings is 1. The zero-order valence-corrected chi connectivity index (χ0v) is 13.4. The molecule has 1 aliphatic heterocycles. The zero-order chi connectivity index (χ0) is 14.4. The summed E-state index contributed by atoms with van der Waals surface area (Å²) >= 11 is 0. The van der Waals surface area contributed by atoms with E-state index < -0.39 is 0 Å². The Labute approximate surface area is 133 Å². The molecule has 4 nitrogen and oxygen atoms in total. The first-order valence-electron chi connectivity index (χ1n) is 7.36. The van der Waals surface area contributed by atoms with Crippen molar-refractivity contribution in [2.75, 3.05) is 26.2 Å². The van der Waals surface area contributed by atoms with Crippen molar-refractivity contribution in [1.29, 1.82) is 5.26 Å². The van der Waals surface area contributed by atoms with E-state index in [9.17, 15) is 0 Å². The molecule has 1 aromatic rings. The molecule has 21 heavy (non-hydrogen) atoms. The summed E-state index contributed by atoms with van der Waals surface area (Å²) in [6, 6.07) is 8.15. The molecule has 0 bridgehead atoms. The van der Waals surface area contributed by atoms with E-state index in [2.05, 4.69) is 11.0 Å². The maximum absolute atomic E-state index is 9.02. The Morgan fingerprint density at radius 1 is 1.48 bits per heavy atom. The molecule has 116 valence electrons. The quantitative estimate of drug-likeness (QED) is 0.907. The van der Waals surface area contributed by atoms with Gasteiger partial charge in [-0.2, -0.15) is 5.26 Å². The summed E-state index contributed by atoms with van der Waals surface area (Å²) in [6.45, 7) is 5.69. The van der Waals surface area contributed by atoms with E-state index in [4.69, 9.17) is 15.7 Å². The first kappa shape index (κ1) is 17.8. The molecule has 0 aliphatic carbocycles. The van der Waals surface area contributed by atoms with Crippen LogP contribution in [0.25, 0.3) is 0 Å². The summed E-state index contributed by atoms with van der Waals surface area (Å²) in [4.78, 5) is 2.41. The van der Waals surface area contributed by atoms with Crippen LogP contribution in [0.1, 0.15) is 30.9 Å². The van der Waals surface area contributed by atoms with Gasteiger partial charge < -0.3 is 15.4 Å². The predicted molar refractivity (Wildman–Crippen MR) is 86.9 cm³/mol. The van der Waals surface area contributed by atoms with Crippen molar-refractivity contribution in [2.45, 2.75) is 32.2 Å². The molecule has 1 aliphatic rings. The van der Waals surface area contributed by atoms with Gasteiger partial charge in [-0.3, -0.25) is 0 Å². The summed E-state index contributed by atoms with van der Waals surface area (Å²) in [5, 5.41) is 9.02. The molecule has 0 amide bonds. The minimum atomic E-state index is 0. The number of hydrogen-bond acceptors (Lipinski definition) is 4. The SMILES string of the molecule is CCOc1ccc(C#N)cc1CCN1CCC[C@H](N)C1.Cl. The molecule has 1 heterocycles. The fourth-order valence-electron chi connectivity index (χ4n) is 2.71. The minimum Gasteiger partial charge on any atom is -0.494 e. The molecular weight excluding hydrogens is 286 g/mol. The van der Waals surface area contributed by atoms with Gasteiger partial charge in [0.1, 0.15) is 5.75 Å². The van der Waals surface area contributed by atoms with Gasteiger partial charge in [-0.15, -0.1) is 12.4 Å². The molecule has 0 saturated carbocycles. The fraction of sp³-hybridized carbons (Fsp3) is 0.562. The van der Waals surface area contributed by atoms with Crippen molar-refractivity contribution in [3.63, 3.8) is 0 Å². The summed E-state index contributed by atoms with van der Waals surface area (Å²) in [7, 11) is 0. The smallest absolute Gasteiger partial charge is 0.122 e. The van der Waals surface area contributed by atoms with Crippen molar-refractivity contribution in [2.24, 2.45) is 5.73 Å². The summed E-state index contributed by atoms with van der Waals surface area (Å²) in [5.74, 6) is 0.896. The molecule has 1 saturated heterocycles. The van der Waals surface area contributed by atoms with Gasteiger partial charge >= 0.3 is 0 Å². The number of benzene rings is 1. The molecule has 0 unspecified atom stereocenters. The topological polar surface area (TPSA) is 62.3 Å². The summed E-state index contributed by atoms with van der Waals surface area (Å²) < 4.78 is 5.64. The maximum atomic E-state index is 9.02. The van der Waals surface area contributed by atoms with Gasteiger partial charge in [0.15, 0.2) is 0 Å².